The Kier molecular flexibility index (Phi) is 3.97. The molecule has 0 heterocycles. The minimum atomic E-state index is -2.56. The van der Waals surface area contributed by atoms with Crippen molar-refractivity contribution in [2.45, 2.75) is 25.1 Å². The molecule has 0 N–H and O–H groups in total. The van der Waals surface area contributed by atoms with E-state index in [2.05, 4.69) is 15.9 Å². The Hall–Kier alpha value is -0.770. The van der Waals surface area contributed by atoms with Crippen molar-refractivity contribution in [3.05, 3.63) is 34.9 Å². The predicted octanol–water partition coefficient (Wildman–Crippen LogP) is 3.96. The van der Waals surface area contributed by atoms with E-state index in [4.69, 9.17) is 0 Å². The Morgan fingerprint density at radius 3 is 2.47 bits per heavy atom. The maximum absolute atomic E-state index is 12.7. The number of benzene rings is 1. The summed E-state index contributed by atoms with van der Waals surface area (Å²) in [6, 6.07) is 4.64. The molecule has 0 aliphatic carbocycles. The third-order valence-corrected chi connectivity index (χ3v) is 3.31. The molecular weight excluding hydrogens is 266 g/mol. The molecule has 0 saturated heterocycles. The van der Waals surface area contributed by atoms with Crippen molar-refractivity contribution in [1.82, 2.24) is 0 Å². The zero-order chi connectivity index (χ0) is 11.6. The van der Waals surface area contributed by atoms with Crippen LogP contribution in [0.15, 0.2) is 18.2 Å². The molecule has 1 aromatic rings. The molecule has 0 aliphatic heterocycles. The van der Waals surface area contributed by atoms with Crippen LogP contribution in [-0.4, -0.2) is 5.78 Å². The van der Waals surface area contributed by atoms with E-state index in [0.717, 1.165) is 0 Å². The van der Waals surface area contributed by atoms with Gasteiger partial charge in [0.05, 0.1) is 4.83 Å². The van der Waals surface area contributed by atoms with Crippen LogP contribution in [0, 0.1) is 6.92 Å². The molecule has 0 spiro atoms. The second-order valence-electron chi connectivity index (χ2n) is 3.35. The molecule has 82 valence electrons. The quantitative estimate of drug-likeness (QED) is 0.764. The number of Topliss-reactive ketones (excluding diaryl/α,β-unsaturated/α-hetero) is 1. The van der Waals surface area contributed by atoms with Gasteiger partial charge in [-0.2, -0.15) is 0 Å². The highest BCUT2D eigenvalue weighted by atomic mass is 79.9. The van der Waals surface area contributed by atoms with Gasteiger partial charge in [0.15, 0.2) is 0 Å². The van der Waals surface area contributed by atoms with Crippen LogP contribution in [0.25, 0.3) is 0 Å². The summed E-state index contributed by atoms with van der Waals surface area (Å²) in [5, 5.41) is 0. The molecule has 1 atom stereocenters. The molecule has 0 saturated carbocycles. The lowest BCUT2D eigenvalue weighted by Crippen LogP contribution is -2.07. The number of aryl methyl sites for hydroxylation is 1. The van der Waals surface area contributed by atoms with Gasteiger partial charge in [-0.3, -0.25) is 4.79 Å². The Morgan fingerprint density at radius 1 is 1.40 bits per heavy atom. The lowest BCUT2D eigenvalue weighted by Gasteiger charge is -2.15. The topological polar surface area (TPSA) is 17.1 Å². The third kappa shape index (κ3) is 2.62. The fraction of sp³-hybridized carbons (Fsp3) is 0.364. The van der Waals surface area contributed by atoms with Gasteiger partial charge in [-0.25, -0.2) is 8.78 Å². The standard InChI is InChI=1S/C11H11BrF2O/c1-6-4-3-5-8(11(13)14)9(6)10(12)7(2)15/h3-5,10-11H,1-2H3. The van der Waals surface area contributed by atoms with E-state index in [0.29, 0.717) is 11.1 Å². The average Bonchev–Trinajstić information content (AvgIpc) is 2.16. The lowest BCUT2D eigenvalue weighted by molar-refractivity contribution is -0.116. The zero-order valence-electron chi connectivity index (χ0n) is 8.43. The van der Waals surface area contributed by atoms with Crippen molar-refractivity contribution in [3.63, 3.8) is 0 Å². The van der Waals surface area contributed by atoms with Gasteiger partial charge in [0.2, 0.25) is 0 Å². The summed E-state index contributed by atoms with van der Waals surface area (Å²) in [7, 11) is 0. The molecule has 1 rings (SSSR count). The van der Waals surface area contributed by atoms with Crippen LogP contribution in [0.5, 0.6) is 0 Å². The van der Waals surface area contributed by atoms with Gasteiger partial charge >= 0.3 is 0 Å². The van der Waals surface area contributed by atoms with E-state index in [9.17, 15) is 13.6 Å². The number of halogens is 3. The lowest BCUT2D eigenvalue weighted by atomic mass is 9.98. The van der Waals surface area contributed by atoms with E-state index < -0.39 is 11.3 Å². The number of carbonyl (C=O) groups is 1. The molecule has 1 aromatic carbocycles. The molecule has 1 unspecified atom stereocenters. The maximum atomic E-state index is 12.7. The largest absolute Gasteiger partial charge is 0.298 e. The third-order valence-electron chi connectivity index (χ3n) is 2.20. The van der Waals surface area contributed by atoms with Gasteiger partial charge in [0, 0.05) is 5.56 Å². The van der Waals surface area contributed by atoms with Crippen LogP contribution in [-0.2, 0) is 4.79 Å². The second-order valence-corrected chi connectivity index (χ2v) is 4.27. The van der Waals surface area contributed by atoms with Crippen LogP contribution >= 0.6 is 15.9 Å². The van der Waals surface area contributed by atoms with Gasteiger partial charge in [0.1, 0.15) is 5.78 Å². The summed E-state index contributed by atoms with van der Waals surface area (Å²) in [6.07, 6.45) is -2.56. The van der Waals surface area contributed by atoms with Gasteiger partial charge in [-0.15, -0.1) is 0 Å². The Balaban J connectivity index is 3.30. The van der Waals surface area contributed by atoms with Crippen LogP contribution < -0.4 is 0 Å². The van der Waals surface area contributed by atoms with E-state index >= 15 is 0 Å². The zero-order valence-corrected chi connectivity index (χ0v) is 10.0. The number of ketones is 1. The van der Waals surface area contributed by atoms with Crippen molar-refractivity contribution < 1.29 is 13.6 Å². The predicted molar refractivity (Wildman–Crippen MR) is 58.5 cm³/mol. The molecule has 0 fully saturated rings. The van der Waals surface area contributed by atoms with E-state index in [1.165, 1.54) is 13.0 Å². The summed E-state index contributed by atoms with van der Waals surface area (Å²) < 4.78 is 25.4. The van der Waals surface area contributed by atoms with E-state index in [1.54, 1.807) is 19.1 Å². The Bertz CT molecular complexity index is 377. The minimum Gasteiger partial charge on any atom is -0.298 e. The van der Waals surface area contributed by atoms with E-state index in [1.807, 2.05) is 0 Å². The van der Waals surface area contributed by atoms with Gasteiger partial charge in [-0.1, -0.05) is 34.1 Å². The summed E-state index contributed by atoms with van der Waals surface area (Å²) in [5.74, 6) is -0.175. The van der Waals surface area contributed by atoms with Crippen molar-refractivity contribution in [2.24, 2.45) is 0 Å². The summed E-state index contributed by atoms with van der Waals surface area (Å²) in [4.78, 5) is 10.5. The Labute approximate surface area is 95.6 Å². The normalized spacial score (nSPS) is 12.9. The molecule has 0 radical (unpaired) electrons. The van der Waals surface area contributed by atoms with E-state index in [-0.39, 0.29) is 11.3 Å². The second kappa shape index (κ2) is 4.84. The SMILES string of the molecule is CC(=O)C(Br)c1c(C)cccc1C(F)F. The van der Waals surface area contributed by atoms with Crippen LogP contribution in [0.1, 0.15) is 34.9 Å². The first-order valence-electron chi connectivity index (χ1n) is 4.47. The van der Waals surface area contributed by atoms with Gasteiger partial charge in [0.25, 0.3) is 6.43 Å². The number of hydrogen-bond acceptors (Lipinski definition) is 1. The van der Waals surface area contributed by atoms with Crippen molar-refractivity contribution in [3.8, 4) is 0 Å². The first kappa shape index (κ1) is 12.3. The first-order chi connectivity index (χ1) is 6.95. The molecule has 0 aliphatic rings. The summed E-state index contributed by atoms with van der Waals surface area (Å²) >= 11 is 3.14. The van der Waals surface area contributed by atoms with Crippen molar-refractivity contribution in [2.75, 3.05) is 0 Å². The van der Waals surface area contributed by atoms with Crippen LogP contribution in [0.3, 0.4) is 0 Å². The minimum absolute atomic E-state index is 0.0768. The number of alkyl halides is 3. The Morgan fingerprint density at radius 2 is 2.00 bits per heavy atom. The highest BCUT2D eigenvalue weighted by Gasteiger charge is 2.22. The fourth-order valence-corrected chi connectivity index (χ4v) is 2.07. The molecule has 0 aromatic heterocycles. The first-order valence-corrected chi connectivity index (χ1v) is 5.38. The summed E-state index contributed by atoms with van der Waals surface area (Å²) in [6.45, 7) is 3.10. The average molecular weight is 277 g/mol. The smallest absolute Gasteiger partial charge is 0.264 e. The summed E-state index contributed by atoms with van der Waals surface area (Å²) in [5.41, 5.74) is 1.01. The maximum Gasteiger partial charge on any atom is 0.264 e. The van der Waals surface area contributed by atoms with Crippen molar-refractivity contribution >= 4 is 21.7 Å². The fourth-order valence-electron chi connectivity index (χ4n) is 1.44. The number of carbonyl (C=O) groups excluding carboxylic acids is 1. The monoisotopic (exact) mass is 276 g/mol. The highest BCUT2D eigenvalue weighted by Crippen LogP contribution is 2.34. The van der Waals surface area contributed by atoms with Crippen LogP contribution in [0.4, 0.5) is 8.78 Å². The van der Waals surface area contributed by atoms with Crippen LogP contribution in [0.2, 0.25) is 0 Å². The number of hydrogen-bond donors (Lipinski definition) is 0. The molecule has 0 bridgehead atoms. The van der Waals surface area contributed by atoms with Crippen molar-refractivity contribution in [1.29, 1.82) is 0 Å². The van der Waals surface area contributed by atoms with Gasteiger partial charge in [-0.05, 0) is 25.0 Å². The number of rotatable bonds is 3. The van der Waals surface area contributed by atoms with Gasteiger partial charge < -0.3 is 0 Å². The molecule has 4 heteroatoms. The molecule has 15 heavy (non-hydrogen) atoms. The highest BCUT2D eigenvalue weighted by molar-refractivity contribution is 9.09. The molecule has 0 amide bonds. The molecule has 1 nitrogen and oxygen atoms in total. The molecular formula is C11H11BrF2O.